The van der Waals surface area contributed by atoms with Gasteiger partial charge in [-0.25, -0.2) is 4.39 Å². The largest absolute Gasteiger partial charge is 0.497 e. The van der Waals surface area contributed by atoms with E-state index in [0.717, 1.165) is 24.1 Å². The highest BCUT2D eigenvalue weighted by molar-refractivity contribution is 6.36. The first-order chi connectivity index (χ1) is 16.1. The van der Waals surface area contributed by atoms with Crippen LogP contribution in [0.1, 0.15) is 23.1 Å². The molecule has 3 aromatic rings. The second kappa shape index (κ2) is 8.54. The number of ether oxygens (including phenoxy) is 1. The highest BCUT2D eigenvalue weighted by atomic mass is 19.1. The zero-order valence-electron chi connectivity index (χ0n) is 18.3. The summed E-state index contributed by atoms with van der Waals surface area (Å²) in [6.45, 7) is 0.728. The van der Waals surface area contributed by atoms with Crippen LogP contribution < -0.4 is 9.64 Å². The first kappa shape index (κ1) is 20.9. The summed E-state index contributed by atoms with van der Waals surface area (Å²) in [6, 6.07) is 21.0. The van der Waals surface area contributed by atoms with Crippen LogP contribution in [0.15, 0.2) is 78.5 Å². The molecule has 33 heavy (non-hydrogen) atoms. The number of para-hydroxylation sites is 1. The predicted octanol–water partition coefficient (Wildman–Crippen LogP) is 4.57. The normalized spacial score (nSPS) is 15.8. The molecule has 0 unspecified atom stereocenters. The number of carbonyl (C=O) groups is 2. The van der Waals surface area contributed by atoms with Crippen LogP contribution in [0.25, 0.3) is 5.57 Å². The lowest BCUT2D eigenvalue weighted by molar-refractivity contribution is -0.137. The van der Waals surface area contributed by atoms with Crippen molar-refractivity contribution in [2.24, 2.45) is 0 Å². The molecular formula is C27H23FN2O3. The Morgan fingerprint density at radius 2 is 1.64 bits per heavy atom. The average molecular weight is 442 g/mol. The lowest BCUT2D eigenvalue weighted by atomic mass is 9.98. The summed E-state index contributed by atoms with van der Waals surface area (Å²) < 4.78 is 18.6. The number of benzene rings is 3. The van der Waals surface area contributed by atoms with Crippen LogP contribution >= 0.6 is 0 Å². The minimum Gasteiger partial charge on any atom is -0.497 e. The van der Waals surface area contributed by atoms with Gasteiger partial charge in [-0.15, -0.1) is 0 Å². The Labute approximate surface area is 191 Å². The molecule has 3 aromatic carbocycles. The maximum atomic E-state index is 13.7. The Morgan fingerprint density at radius 3 is 2.36 bits per heavy atom. The lowest BCUT2D eigenvalue weighted by Crippen LogP contribution is -2.36. The van der Waals surface area contributed by atoms with E-state index < -0.39 is 0 Å². The van der Waals surface area contributed by atoms with Gasteiger partial charge in [-0.1, -0.05) is 42.5 Å². The Morgan fingerprint density at radius 1 is 0.909 bits per heavy atom. The van der Waals surface area contributed by atoms with Crippen molar-refractivity contribution in [1.29, 1.82) is 0 Å². The highest BCUT2D eigenvalue weighted by Crippen LogP contribution is 2.38. The summed E-state index contributed by atoms with van der Waals surface area (Å²) in [7, 11) is 1.58. The third kappa shape index (κ3) is 3.78. The quantitative estimate of drug-likeness (QED) is 0.544. The van der Waals surface area contributed by atoms with Gasteiger partial charge in [0, 0.05) is 12.2 Å². The van der Waals surface area contributed by atoms with Crippen LogP contribution in [0.4, 0.5) is 10.1 Å². The molecule has 0 saturated carbocycles. The van der Waals surface area contributed by atoms with Crippen LogP contribution in [-0.4, -0.2) is 30.4 Å². The molecule has 0 aliphatic carbocycles. The molecule has 6 heteroatoms. The van der Waals surface area contributed by atoms with Gasteiger partial charge >= 0.3 is 0 Å². The van der Waals surface area contributed by atoms with E-state index in [4.69, 9.17) is 4.74 Å². The van der Waals surface area contributed by atoms with E-state index >= 15 is 0 Å². The maximum Gasteiger partial charge on any atom is 0.278 e. The van der Waals surface area contributed by atoms with E-state index in [2.05, 4.69) is 6.07 Å². The SMILES string of the molecule is COc1ccc(C2=C(N3CCCc4ccccc43)C(=O)N(Cc3ccc(F)cc3)C2=O)cc1. The second-order valence-corrected chi connectivity index (χ2v) is 8.16. The highest BCUT2D eigenvalue weighted by Gasteiger charge is 2.42. The summed E-state index contributed by atoms with van der Waals surface area (Å²) in [5, 5.41) is 0. The van der Waals surface area contributed by atoms with Gasteiger partial charge in [-0.3, -0.25) is 14.5 Å². The van der Waals surface area contributed by atoms with Crippen molar-refractivity contribution in [2.75, 3.05) is 18.6 Å². The van der Waals surface area contributed by atoms with Crippen molar-refractivity contribution < 1.29 is 18.7 Å². The fourth-order valence-electron chi connectivity index (χ4n) is 4.51. The lowest BCUT2D eigenvalue weighted by Gasteiger charge is -2.32. The van der Waals surface area contributed by atoms with Gasteiger partial charge in [0.2, 0.25) is 0 Å². The number of rotatable bonds is 5. The van der Waals surface area contributed by atoms with Gasteiger partial charge in [0.15, 0.2) is 0 Å². The number of carbonyl (C=O) groups excluding carboxylic acids is 2. The Balaban J connectivity index is 1.61. The standard InChI is InChI=1S/C27H23FN2O3/c1-33-22-14-10-20(11-15-22)24-25(29-16-4-6-19-5-2-3-7-23(19)29)27(32)30(26(24)31)17-18-8-12-21(28)13-9-18/h2-3,5,7-15H,4,6,16-17H2,1H3. The van der Waals surface area contributed by atoms with Gasteiger partial charge in [-0.05, 0) is 59.9 Å². The number of aryl methyl sites for hydroxylation is 1. The zero-order valence-corrected chi connectivity index (χ0v) is 18.3. The molecule has 0 saturated heterocycles. The minimum atomic E-state index is -0.361. The molecule has 0 N–H and O–H groups in total. The van der Waals surface area contributed by atoms with Crippen molar-refractivity contribution in [3.05, 3.63) is 101 Å². The Bertz CT molecular complexity index is 1250. The molecule has 2 aliphatic heterocycles. The molecule has 0 aromatic heterocycles. The number of hydrogen-bond donors (Lipinski definition) is 0. The number of methoxy groups -OCH3 is 1. The van der Waals surface area contributed by atoms with Crippen molar-refractivity contribution >= 4 is 23.1 Å². The number of amides is 2. The summed E-state index contributed by atoms with van der Waals surface area (Å²) >= 11 is 0. The van der Waals surface area contributed by atoms with Crippen LogP contribution in [0.5, 0.6) is 5.75 Å². The Kier molecular flexibility index (Phi) is 5.42. The van der Waals surface area contributed by atoms with Crippen molar-refractivity contribution in [3.63, 3.8) is 0 Å². The van der Waals surface area contributed by atoms with E-state index in [1.807, 2.05) is 23.1 Å². The second-order valence-electron chi connectivity index (χ2n) is 8.16. The molecule has 0 atom stereocenters. The number of halogens is 1. The molecule has 5 nitrogen and oxygen atoms in total. The third-order valence-electron chi connectivity index (χ3n) is 6.16. The smallest absolute Gasteiger partial charge is 0.278 e. The molecule has 2 aliphatic rings. The molecule has 2 amide bonds. The summed E-state index contributed by atoms with van der Waals surface area (Å²) in [5.41, 5.74) is 4.22. The van der Waals surface area contributed by atoms with E-state index in [9.17, 15) is 14.0 Å². The fourth-order valence-corrected chi connectivity index (χ4v) is 4.51. The summed E-state index contributed by atoms with van der Waals surface area (Å²) in [5.74, 6) is -0.385. The summed E-state index contributed by atoms with van der Waals surface area (Å²) in [4.78, 5) is 30.6. The maximum absolute atomic E-state index is 13.7. The fraction of sp³-hybridized carbons (Fsp3) is 0.185. The van der Waals surface area contributed by atoms with Crippen LogP contribution in [-0.2, 0) is 22.6 Å². The number of hydrogen-bond acceptors (Lipinski definition) is 4. The first-order valence-corrected chi connectivity index (χ1v) is 10.9. The van der Waals surface area contributed by atoms with Crippen molar-refractivity contribution in [1.82, 2.24) is 4.90 Å². The van der Waals surface area contributed by atoms with Gasteiger partial charge in [0.05, 0.1) is 19.2 Å². The van der Waals surface area contributed by atoms with E-state index in [1.165, 1.54) is 17.0 Å². The van der Waals surface area contributed by atoms with Crippen LogP contribution in [0.3, 0.4) is 0 Å². The molecule has 0 spiro atoms. The van der Waals surface area contributed by atoms with Gasteiger partial charge < -0.3 is 9.64 Å². The molecule has 166 valence electrons. The predicted molar refractivity (Wildman–Crippen MR) is 124 cm³/mol. The molecule has 0 radical (unpaired) electrons. The third-order valence-corrected chi connectivity index (χ3v) is 6.16. The van der Waals surface area contributed by atoms with Gasteiger partial charge in [0.25, 0.3) is 11.8 Å². The number of fused-ring (bicyclic) bond motifs is 1. The van der Waals surface area contributed by atoms with E-state index in [-0.39, 0.29) is 24.2 Å². The van der Waals surface area contributed by atoms with Crippen LogP contribution in [0.2, 0.25) is 0 Å². The van der Waals surface area contributed by atoms with Gasteiger partial charge in [0.1, 0.15) is 17.3 Å². The molecule has 0 fully saturated rings. The molecule has 2 heterocycles. The molecular weight excluding hydrogens is 419 g/mol. The average Bonchev–Trinajstić information content (AvgIpc) is 3.09. The monoisotopic (exact) mass is 442 g/mol. The number of anilines is 1. The minimum absolute atomic E-state index is 0.0799. The van der Waals surface area contributed by atoms with Crippen molar-refractivity contribution in [2.45, 2.75) is 19.4 Å². The first-order valence-electron chi connectivity index (χ1n) is 10.9. The van der Waals surface area contributed by atoms with Crippen molar-refractivity contribution in [3.8, 4) is 5.75 Å². The zero-order chi connectivity index (χ0) is 22.9. The van der Waals surface area contributed by atoms with Gasteiger partial charge in [-0.2, -0.15) is 0 Å². The number of imide groups is 1. The summed E-state index contributed by atoms with van der Waals surface area (Å²) in [6.07, 6.45) is 1.81. The molecule has 0 bridgehead atoms. The van der Waals surface area contributed by atoms with Crippen LogP contribution in [0, 0.1) is 5.82 Å². The Hall–Kier alpha value is -3.93. The topological polar surface area (TPSA) is 49.9 Å². The number of nitrogens with zero attached hydrogens (tertiary/aromatic N) is 2. The van der Waals surface area contributed by atoms with E-state index in [1.54, 1.807) is 43.5 Å². The van der Waals surface area contributed by atoms with E-state index in [0.29, 0.717) is 34.7 Å². The molecule has 5 rings (SSSR count).